The monoisotopic (exact) mass is 283 g/mol. The largest absolute Gasteiger partial charge is 0.380 e. The van der Waals surface area contributed by atoms with Crippen molar-refractivity contribution in [3.8, 4) is 0 Å². The second kappa shape index (κ2) is 6.87. The number of nitrogens with one attached hydrogen (secondary N) is 1. The fourth-order valence-electron chi connectivity index (χ4n) is 3.30. The van der Waals surface area contributed by atoms with Crippen molar-refractivity contribution in [1.82, 2.24) is 10.2 Å². The molecule has 0 aliphatic heterocycles. The molecule has 2 aliphatic rings. The first-order chi connectivity index (χ1) is 9.61. The zero-order chi connectivity index (χ0) is 14.6. The van der Waals surface area contributed by atoms with Crippen LogP contribution in [-0.4, -0.2) is 54.7 Å². The van der Waals surface area contributed by atoms with Crippen molar-refractivity contribution >= 4 is 5.91 Å². The molecule has 0 aromatic heterocycles. The predicted octanol–water partition coefficient (Wildman–Crippen LogP) is 0.873. The van der Waals surface area contributed by atoms with E-state index in [0.717, 1.165) is 45.6 Å². The maximum atomic E-state index is 11.9. The third kappa shape index (κ3) is 3.71. The maximum Gasteiger partial charge on any atom is 0.237 e. The number of nitrogens with two attached hydrogens (primary N) is 1. The summed E-state index contributed by atoms with van der Waals surface area (Å²) in [4.78, 5) is 14.3. The highest BCUT2D eigenvalue weighted by Crippen LogP contribution is 2.36. The van der Waals surface area contributed by atoms with Crippen LogP contribution in [0.4, 0.5) is 0 Å². The lowest BCUT2D eigenvalue weighted by Crippen LogP contribution is -2.55. The van der Waals surface area contributed by atoms with E-state index in [1.165, 1.54) is 12.8 Å². The Morgan fingerprint density at radius 2 is 2.15 bits per heavy atom. The molecular weight excluding hydrogens is 254 g/mol. The predicted molar refractivity (Wildman–Crippen MR) is 79.5 cm³/mol. The number of hydrogen-bond acceptors (Lipinski definition) is 4. The van der Waals surface area contributed by atoms with Crippen LogP contribution in [0.5, 0.6) is 0 Å². The van der Waals surface area contributed by atoms with E-state index >= 15 is 0 Å². The molecule has 116 valence electrons. The van der Waals surface area contributed by atoms with Crippen molar-refractivity contribution in [2.45, 2.75) is 63.6 Å². The summed E-state index contributed by atoms with van der Waals surface area (Å²) in [6, 6.07) is 0.957. The smallest absolute Gasteiger partial charge is 0.237 e. The lowest BCUT2D eigenvalue weighted by atomic mass is 9.96. The van der Waals surface area contributed by atoms with E-state index in [0.29, 0.717) is 12.1 Å². The first kappa shape index (κ1) is 15.7. The zero-order valence-corrected chi connectivity index (χ0v) is 12.9. The van der Waals surface area contributed by atoms with Crippen molar-refractivity contribution in [2.24, 2.45) is 5.73 Å². The quantitative estimate of drug-likeness (QED) is 0.616. The van der Waals surface area contributed by atoms with Crippen LogP contribution in [0.15, 0.2) is 0 Å². The van der Waals surface area contributed by atoms with Crippen molar-refractivity contribution < 1.29 is 9.53 Å². The molecule has 2 atom stereocenters. The number of ether oxygens (including phenoxy) is 1. The van der Waals surface area contributed by atoms with Gasteiger partial charge in [-0.25, -0.2) is 0 Å². The van der Waals surface area contributed by atoms with E-state index in [9.17, 15) is 4.79 Å². The lowest BCUT2D eigenvalue weighted by Gasteiger charge is -2.31. The molecule has 2 saturated carbocycles. The summed E-state index contributed by atoms with van der Waals surface area (Å²) in [5, 5.41) is 3.51. The summed E-state index contributed by atoms with van der Waals surface area (Å²) in [6.45, 7) is 7.65. The highest BCUT2D eigenvalue weighted by molar-refractivity contribution is 5.85. The topological polar surface area (TPSA) is 67.6 Å². The number of carbonyl (C=O) groups is 1. The molecule has 20 heavy (non-hydrogen) atoms. The van der Waals surface area contributed by atoms with Crippen LogP contribution >= 0.6 is 0 Å². The lowest BCUT2D eigenvalue weighted by molar-refractivity contribution is -0.124. The maximum absolute atomic E-state index is 11.9. The Kier molecular flexibility index (Phi) is 5.41. The van der Waals surface area contributed by atoms with E-state index < -0.39 is 5.54 Å². The molecule has 0 bridgehead atoms. The standard InChI is InChI=1S/C15H29N3O2/c1-3-18(9-10-20-4-2)13-7-8-15(11-13,14(16)19)17-12-5-6-12/h12-13,17H,3-11H2,1-2H3,(H2,16,19). The molecule has 0 aromatic rings. The van der Waals surface area contributed by atoms with Crippen LogP contribution in [0, 0.1) is 0 Å². The third-order valence-corrected chi connectivity index (χ3v) is 4.67. The van der Waals surface area contributed by atoms with Crippen LogP contribution in [0.3, 0.4) is 0 Å². The molecule has 5 heteroatoms. The van der Waals surface area contributed by atoms with Gasteiger partial charge in [-0.05, 0) is 45.6 Å². The fourth-order valence-corrected chi connectivity index (χ4v) is 3.30. The Morgan fingerprint density at radius 1 is 1.40 bits per heavy atom. The van der Waals surface area contributed by atoms with Gasteiger partial charge in [0.05, 0.1) is 12.1 Å². The first-order valence-corrected chi connectivity index (χ1v) is 8.00. The minimum atomic E-state index is -0.467. The molecule has 0 saturated heterocycles. The highest BCUT2D eigenvalue weighted by atomic mass is 16.5. The fraction of sp³-hybridized carbons (Fsp3) is 0.933. The highest BCUT2D eigenvalue weighted by Gasteiger charge is 2.47. The SMILES string of the molecule is CCOCCN(CC)C1CCC(NC2CC2)(C(N)=O)C1. The Morgan fingerprint density at radius 3 is 2.70 bits per heavy atom. The molecule has 0 aromatic carbocycles. The van der Waals surface area contributed by atoms with Crippen molar-refractivity contribution in [2.75, 3.05) is 26.3 Å². The number of hydrogen-bond donors (Lipinski definition) is 2. The van der Waals surface area contributed by atoms with Crippen molar-refractivity contribution in [3.05, 3.63) is 0 Å². The minimum Gasteiger partial charge on any atom is -0.380 e. The second-order valence-electron chi connectivity index (χ2n) is 6.09. The number of rotatable bonds is 9. The van der Waals surface area contributed by atoms with Gasteiger partial charge in [-0.3, -0.25) is 9.69 Å². The zero-order valence-electron chi connectivity index (χ0n) is 12.9. The molecule has 2 fully saturated rings. The first-order valence-electron chi connectivity index (χ1n) is 8.00. The van der Waals surface area contributed by atoms with Crippen LogP contribution in [0.1, 0.15) is 46.0 Å². The molecular formula is C15H29N3O2. The number of carbonyl (C=O) groups excluding carboxylic acids is 1. The van der Waals surface area contributed by atoms with Crippen LogP contribution in [0.25, 0.3) is 0 Å². The van der Waals surface area contributed by atoms with Gasteiger partial charge in [0.2, 0.25) is 5.91 Å². The second-order valence-corrected chi connectivity index (χ2v) is 6.09. The van der Waals surface area contributed by atoms with Crippen LogP contribution < -0.4 is 11.1 Å². The molecule has 0 heterocycles. The summed E-state index contributed by atoms with van der Waals surface area (Å²) in [5.41, 5.74) is 5.22. The van der Waals surface area contributed by atoms with E-state index in [2.05, 4.69) is 17.1 Å². The van der Waals surface area contributed by atoms with Crippen molar-refractivity contribution in [1.29, 1.82) is 0 Å². The summed E-state index contributed by atoms with van der Waals surface area (Å²) in [5.74, 6) is -0.173. The van der Waals surface area contributed by atoms with E-state index in [4.69, 9.17) is 10.5 Å². The average Bonchev–Trinajstić information content (AvgIpc) is 3.12. The molecule has 2 aliphatic carbocycles. The number of amides is 1. The molecule has 5 nitrogen and oxygen atoms in total. The Balaban J connectivity index is 1.91. The van der Waals surface area contributed by atoms with E-state index in [-0.39, 0.29) is 5.91 Å². The van der Waals surface area contributed by atoms with Gasteiger partial charge in [-0.2, -0.15) is 0 Å². The van der Waals surface area contributed by atoms with Crippen molar-refractivity contribution in [3.63, 3.8) is 0 Å². The summed E-state index contributed by atoms with van der Waals surface area (Å²) in [7, 11) is 0. The van der Waals surface area contributed by atoms with Crippen LogP contribution in [-0.2, 0) is 9.53 Å². The summed E-state index contributed by atoms with van der Waals surface area (Å²) < 4.78 is 5.45. The number of nitrogens with zero attached hydrogens (tertiary/aromatic N) is 1. The minimum absolute atomic E-state index is 0.173. The van der Waals surface area contributed by atoms with Gasteiger partial charge in [0.25, 0.3) is 0 Å². The molecule has 0 radical (unpaired) electrons. The average molecular weight is 283 g/mol. The van der Waals surface area contributed by atoms with Gasteiger partial charge in [-0.1, -0.05) is 6.92 Å². The van der Waals surface area contributed by atoms with E-state index in [1.807, 2.05) is 6.92 Å². The van der Waals surface area contributed by atoms with E-state index in [1.54, 1.807) is 0 Å². The molecule has 3 N–H and O–H groups in total. The summed E-state index contributed by atoms with van der Waals surface area (Å²) >= 11 is 0. The van der Waals surface area contributed by atoms with Gasteiger partial charge in [0, 0.05) is 25.2 Å². The van der Waals surface area contributed by atoms with Gasteiger partial charge in [-0.15, -0.1) is 0 Å². The number of primary amides is 1. The van der Waals surface area contributed by atoms with Gasteiger partial charge in [0.15, 0.2) is 0 Å². The van der Waals surface area contributed by atoms with Gasteiger partial charge < -0.3 is 15.8 Å². The van der Waals surface area contributed by atoms with Crippen LogP contribution in [0.2, 0.25) is 0 Å². The Hall–Kier alpha value is -0.650. The number of likely N-dealkylation sites (N-methyl/N-ethyl adjacent to an activating group) is 1. The van der Waals surface area contributed by atoms with Gasteiger partial charge >= 0.3 is 0 Å². The normalized spacial score (nSPS) is 30.1. The summed E-state index contributed by atoms with van der Waals surface area (Å²) in [6.07, 6.45) is 5.12. The van der Waals surface area contributed by atoms with Gasteiger partial charge in [0.1, 0.15) is 0 Å². The molecule has 0 spiro atoms. The molecule has 2 rings (SSSR count). The molecule has 2 unspecified atom stereocenters. The Bertz CT molecular complexity index is 333. The third-order valence-electron chi connectivity index (χ3n) is 4.67. The Labute approximate surface area is 122 Å². The molecule has 1 amide bonds.